The second kappa shape index (κ2) is 5.38. The summed E-state index contributed by atoms with van der Waals surface area (Å²) in [5, 5.41) is 6.74. The number of hydrogen-bond acceptors (Lipinski definition) is 2. The minimum Gasteiger partial charge on any atom is -0.352 e. The Balaban J connectivity index is 1.84. The van der Waals surface area contributed by atoms with Crippen LogP contribution in [0.1, 0.15) is 58.8 Å². The second-order valence-corrected chi connectivity index (χ2v) is 6.09. The van der Waals surface area contributed by atoms with Crippen LogP contribution in [0.25, 0.3) is 0 Å². The molecule has 0 spiro atoms. The van der Waals surface area contributed by atoms with E-state index in [1.54, 1.807) is 0 Å². The van der Waals surface area contributed by atoms with Gasteiger partial charge in [0.25, 0.3) is 0 Å². The average Bonchev–Trinajstić information content (AvgIpc) is 2.78. The molecule has 98 valence electrons. The van der Waals surface area contributed by atoms with Gasteiger partial charge in [-0.2, -0.15) is 0 Å². The Kier molecular flexibility index (Phi) is 4.08. The second-order valence-electron chi connectivity index (χ2n) is 6.09. The van der Waals surface area contributed by atoms with Crippen molar-refractivity contribution in [2.75, 3.05) is 6.54 Å². The molecule has 2 N–H and O–H groups in total. The lowest BCUT2D eigenvalue weighted by molar-refractivity contribution is -0.130. The fraction of sp³-hybridized carbons (Fsp3) is 0.929. The molecule has 1 saturated carbocycles. The highest BCUT2D eigenvalue weighted by atomic mass is 16.2. The van der Waals surface area contributed by atoms with E-state index in [4.69, 9.17) is 0 Å². The minimum atomic E-state index is -0.0943. The SMILES string of the molecule is CC(NC(=O)C1(C)CCCC1)C1CCCCN1. The van der Waals surface area contributed by atoms with Crippen LogP contribution in [0.4, 0.5) is 0 Å². The van der Waals surface area contributed by atoms with Gasteiger partial charge in [0.1, 0.15) is 0 Å². The Morgan fingerprint density at radius 3 is 2.59 bits per heavy atom. The monoisotopic (exact) mass is 238 g/mol. The third kappa shape index (κ3) is 3.01. The zero-order valence-corrected chi connectivity index (χ0v) is 11.2. The van der Waals surface area contributed by atoms with E-state index in [-0.39, 0.29) is 17.4 Å². The Morgan fingerprint density at radius 2 is 2.00 bits per heavy atom. The normalized spacial score (nSPS) is 29.9. The number of piperidine rings is 1. The molecule has 3 nitrogen and oxygen atoms in total. The fourth-order valence-electron chi connectivity index (χ4n) is 3.17. The van der Waals surface area contributed by atoms with Crippen LogP contribution < -0.4 is 10.6 Å². The molecule has 2 aliphatic rings. The van der Waals surface area contributed by atoms with Gasteiger partial charge in [-0.05, 0) is 39.2 Å². The number of carbonyl (C=O) groups is 1. The summed E-state index contributed by atoms with van der Waals surface area (Å²) in [6.45, 7) is 5.36. The molecule has 1 heterocycles. The van der Waals surface area contributed by atoms with E-state index in [0.29, 0.717) is 6.04 Å². The summed E-state index contributed by atoms with van der Waals surface area (Å²) in [7, 11) is 0. The highest BCUT2D eigenvalue weighted by molar-refractivity contribution is 5.82. The summed E-state index contributed by atoms with van der Waals surface area (Å²) in [5.74, 6) is 0.273. The molecule has 1 aliphatic heterocycles. The number of amides is 1. The van der Waals surface area contributed by atoms with Crippen LogP contribution in [-0.4, -0.2) is 24.5 Å². The first-order chi connectivity index (χ1) is 8.12. The van der Waals surface area contributed by atoms with E-state index in [9.17, 15) is 4.79 Å². The van der Waals surface area contributed by atoms with E-state index in [1.807, 2.05) is 0 Å². The zero-order valence-electron chi connectivity index (χ0n) is 11.2. The average molecular weight is 238 g/mol. The minimum absolute atomic E-state index is 0.0943. The van der Waals surface area contributed by atoms with Gasteiger partial charge >= 0.3 is 0 Å². The van der Waals surface area contributed by atoms with Crippen molar-refractivity contribution < 1.29 is 4.79 Å². The number of rotatable bonds is 3. The zero-order chi connectivity index (χ0) is 12.3. The van der Waals surface area contributed by atoms with Gasteiger partial charge in [0, 0.05) is 17.5 Å². The molecule has 3 heteroatoms. The molecule has 1 saturated heterocycles. The summed E-state index contributed by atoms with van der Waals surface area (Å²) in [6.07, 6.45) is 8.29. The maximum Gasteiger partial charge on any atom is 0.226 e. The van der Waals surface area contributed by atoms with Gasteiger partial charge < -0.3 is 10.6 Å². The van der Waals surface area contributed by atoms with Crippen molar-refractivity contribution in [1.29, 1.82) is 0 Å². The van der Waals surface area contributed by atoms with Crippen molar-refractivity contribution in [2.45, 2.75) is 70.9 Å². The number of nitrogens with one attached hydrogen (secondary N) is 2. The third-order valence-electron chi connectivity index (χ3n) is 4.57. The van der Waals surface area contributed by atoms with Crippen molar-refractivity contribution in [1.82, 2.24) is 10.6 Å². The molecule has 17 heavy (non-hydrogen) atoms. The molecule has 0 aromatic carbocycles. The highest BCUT2D eigenvalue weighted by Gasteiger charge is 2.37. The molecule has 0 bridgehead atoms. The third-order valence-corrected chi connectivity index (χ3v) is 4.57. The Hall–Kier alpha value is -0.570. The molecule has 2 rings (SSSR count). The van der Waals surface area contributed by atoms with E-state index in [1.165, 1.54) is 32.1 Å². The molecule has 2 unspecified atom stereocenters. The molecule has 1 aliphatic carbocycles. The Bertz CT molecular complexity index is 265. The van der Waals surface area contributed by atoms with Crippen molar-refractivity contribution in [3.63, 3.8) is 0 Å². The summed E-state index contributed by atoms with van der Waals surface area (Å²) in [6, 6.07) is 0.734. The first-order valence-electron chi connectivity index (χ1n) is 7.16. The van der Waals surface area contributed by atoms with E-state index >= 15 is 0 Å². The molecule has 2 atom stereocenters. The maximum atomic E-state index is 12.3. The molecule has 0 aromatic heterocycles. The van der Waals surface area contributed by atoms with Gasteiger partial charge in [-0.1, -0.05) is 26.2 Å². The van der Waals surface area contributed by atoms with Gasteiger partial charge in [-0.25, -0.2) is 0 Å². The van der Waals surface area contributed by atoms with Crippen LogP contribution in [-0.2, 0) is 4.79 Å². The van der Waals surface area contributed by atoms with Gasteiger partial charge in [0.15, 0.2) is 0 Å². The predicted octanol–water partition coefficient (Wildman–Crippen LogP) is 2.21. The highest BCUT2D eigenvalue weighted by Crippen LogP contribution is 2.37. The van der Waals surface area contributed by atoms with Crippen LogP contribution >= 0.6 is 0 Å². The van der Waals surface area contributed by atoms with Crippen LogP contribution in [0, 0.1) is 5.41 Å². The lowest BCUT2D eigenvalue weighted by Gasteiger charge is -2.32. The Morgan fingerprint density at radius 1 is 1.29 bits per heavy atom. The van der Waals surface area contributed by atoms with E-state index in [0.717, 1.165) is 19.4 Å². The lowest BCUT2D eigenvalue weighted by atomic mass is 9.87. The standard InChI is InChI=1S/C14H26N2O/c1-11(12-7-3-6-10-15-12)16-13(17)14(2)8-4-5-9-14/h11-12,15H,3-10H2,1-2H3,(H,16,17). The van der Waals surface area contributed by atoms with Crippen LogP contribution in [0.2, 0.25) is 0 Å². The predicted molar refractivity (Wildman–Crippen MR) is 69.8 cm³/mol. The van der Waals surface area contributed by atoms with Crippen molar-refractivity contribution in [3.05, 3.63) is 0 Å². The molecule has 1 amide bonds. The molecular formula is C14H26N2O. The van der Waals surface area contributed by atoms with Gasteiger partial charge in [-0.15, -0.1) is 0 Å². The number of carbonyl (C=O) groups excluding carboxylic acids is 1. The van der Waals surface area contributed by atoms with Crippen molar-refractivity contribution >= 4 is 5.91 Å². The Labute approximate surface area is 105 Å². The summed E-state index contributed by atoms with van der Waals surface area (Å²) >= 11 is 0. The molecule has 0 aromatic rings. The van der Waals surface area contributed by atoms with Crippen molar-refractivity contribution in [3.8, 4) is 0 Å². The smallest absolute Gasteiger partial charge is 0.226 e. The summed E-state index contributed by atoms with van der Waals surface area (Å²) in [4.78, 5) is 12.3. The summed E-state index contributed by atoms with van der Waals surface area (Å²) < 4.78 is 0. The first kappa shape index (κ1) is 12.9. The van der Waals surface area contributed by atoms with Crippen molar-refractivity contribution in [2.24, 2.45) is 5.41 Å². The lowest BCUT2D eigenvalue weighted by Crippen LogP contribution is -2.52. The topological polar surface area (TPSA) is 41.1 Å². The molecular weight excluding hydrogens is 212 g/mol. The van der Waals surface area contributed by atoms with Crippen LogP contribution in [0.5, 0.6) is 0 Å². The quantitative estimate of drug-likeness (QED) is 0.791. The van der Waals surface area contributed by atoms with E-state index in [2.05, 4.69) is 24.5 Å². The van der Waals surface area contributed by atoms with Gasteiger partial charge in [-0.3, -0.25) is 4.79 Å². The van der Waals surface area contributed by atoms with Crippen LogP contribution in [0.3, 0.4) is 0 Å². The largest absolute Gasteiger partial charge is 0.352 e. The van der Waals surface area contributed by atoms with E-state index < -0.39 is 0 Å². The number of hydrogen-bond donors (Lipinski definition) is 2. The molecule has 0 radical (unpaired) electrons. The first-order valence-corrected chi connectivity index (χ1v) is 7.16. The van der Waals surface area contributed by atoms with Gasteiger partial charge in [0.05, 0.1) is 0 Å². The van der Waals surface area contributed by atoms with Crippen LogP contribution in [0.15, 0.2) is 0 Å². The molecule has 2 fully saturated rings. The fourth-order valence-corrected chi connectivity index (χ4v) is 3.17. The maximum absolute atomic E-state index is 12.3. The van der Waals surface area contributed by atoms with Gasteiger partial charge in [0.2, 0.25) is 5.91 Å². The summed E-state index contributed by atoms with van der Waals surface area (Å²) in [5.41, 5.74) is -0.0943.